The zero-order chi connectivity index (χ0) is 22.4. The molecule has 8 nitrogen and oxygen atoms in total. The number of nitrogens with zero attached hydrogens (tertiary/aromatic N) is 1. The van der Waals surface area contributed by atoms with Gasteiger partial charge in [0.2, 0.25) is 10.0 Å². The summed E-state index contributed by atoms with van der Waals surface area (Å²) in [5.41, 5.74) is 0.221. The fourth-order valence-corrected chi connectivity index (χ4v) is 5.60. The number of rotatable bonds is 5. The summed E-state index contributed by atoms with van der Waals surface area (Å²) in [6.45, 7) is 1.87. The van der Waals surface area contributed by atoms with E-state index >= 15 is 0 Å². The van der Waals surface area contributed by atoms with E-state index < -0.39 is 33.9 Å². The van der Waals surface area contributed by atoms with Crippen LogP contribution in [-0.4, -0.2) is 56.5 Å². The van der Waals surface area contributed by atoms with Crippen molar-refractivity contribution in [2.24, 2.45) is 0 Å². The van der Waals surface area contributed by atoms with Crippen LogP contribution in [0.1, 0.15) is 50.5 Å². The average molecular weight is 456 g/mol. The second-order valence-corrected chi connectivity index (χ2v) is 9.97. The fourth-order valence-electron chi connectivity index (χ4n) is 3.95. The molecule has 172 valence electrons. The number of nitrogens with one attached hydrogen (secondary N) is 2. The summed E-state index contributed by atoms with van der Waals surface area (Å²) in [7, 11) is -3.96. The van der Waals surface area contributed by atoms with E-state index in [4.69, 9.17) is 4.74 Å². The van der Waals surface area contributed by atoms with Crippen LogP contribution >= 0.6 is 0 Å². The maximum absolute atomic E-state index is 13.6. The minimum absolute atomic E-state index is 0.00901. The van der Waals surface area contributed by atoms with Crippen molar-refractivity contribution in [3.8, 4) is 0 Å². The molecule has 1 heterocycles. The number of hydrogen-bond donors (Lipinski definition) is 2. The lowest BCUT2D eigenvalue weighted by molar-refractivity contribution is -0.140. The van der Waals surface area contributed by atoms with Gasteiger partial charge in [0.25, 0.3) is 0 Å². The second kappa shape index (κ2) is 10.5. The highest BCUT2D eigenvalue weighted by molar-refractivity contribution is 7.89. The number of sulfonamides is 1. The van der Waals surface area contributed by atoms with Crippen LogP contribution in [0.15, 0.2) is 23.1 Å². The molecule has 10 heteroatoms. The molecule has 0 unspecified atom stereocenters. The number of benzene rings is 1. The number of ether oxygens (including phenoxy) is 1. The van der Waals surface area contributed by atoms with Gasteiger partial charge in [0.1, 0.15) is 12.0 Å². The van der Waals surface area contributed by atoms with E-state index in [1.807, 2.05) is 0 Å². The number of carbonyl (C=O) groups is 2. The number of carbonyl (C=O) groups excluding carboxylic acids is 2. The van der Waals surface area contributed by atoms with Crippen molar-refractivity contribution in [2.45, 2.75) is 69.0 Å². The molecular formula is C21H30FN3O5S. The lowest BCUT2D eigenvalue weighted by Crippen LogP contribution is -2.53. The summed E-state index contributed by atoms with van der Waals surface area (Å²) in [6, 6.07) is 3.59. The first-order valence-electron chi connectivity index (χ1n) is 10.8. The highest BCUT2D eigenvalue weighted by Crippen LogP contribution is 2.23. The molecule has 0 radical (unpaired) electrons. The largest absolute Gasteiger partial charge is 0.360 e. The molecule has 0 spiro atoms. The highest BCUT2D eigenvalue weighted by Gasteiger charge is 2.35. The Morgan fingerprint density at radius 2 is 1.84 bits per heavy atom. The van der Waals surface area contributed by atoms with Crippen molar-refractivity contribution in [3.05, 3.63) is 29.6 Å². The monoisotopic (exact) mass is 455 g/mol. The SMILES string of the molecule is Cc1cc(S(=O)(=O)N2CCCO[C@H]2CNC(=O)C(=O)NC2CCCCCC2)ccc1F. The minimum Gasteiger partial charge on any atom is -0.360 e. The van der Waals surface area contributed by atoms with E-state index in [0.29, 0.717) is 13.0 Å². The average Bonchev–Trinajstić information content (AvgIpc) is 3.02. The third-order valence-corrected chi connectivity index (χ3v) is 7.61. The Morgan fingerprint density at radius 1 is 1.13 bits per heavy atom. The lowest BCUT2D eigenvalue weighted by atomic mass is 10.1. The quantitative estimate of drug-likeness (QED) is 0.521. The summed E-state index contributed by atoms with van der Waals surface area (Å²) in [5, 5.41) is 5.26. The van der Waals surface area contributed by atoms with E-state index in [9.17, 15) is 22.4 Å². The minimum atomic E-state index is -3.96. The van der Waals surface area contributed by atoms with Crippen LogP contribution in [0, 0.1) is 12.7 Å². The zero-order valence-corrected chi connectivity index (χ0v) is 18.5. The van der Waals surface area contributed by atoms with E-state index in [1.54, 1.807) is 0 Å². The van der Waals surface area contributed by atoms with Crippen molar-refractivity contribution >= 4 is 21.8 Å². The van der Waals surface area contributed by atoms with Crippen molar-refractivity contribution in [1.29, 1.82) is 0 Å². The molecule has 1 aliphatic carbocycles. The summed E-state index contributed by atoms with van der Waals surface area (Å²) in [6.07, 6.45) is 5.58. The van der Waals surface area contributed by atoms with Crippen LogP contribution in [0.3, 0.4) is 0 Å². The van der Waals surface area contributed by atoms with Gasteiger partial charge in [-0.1, -0.05) is 25.7 Å². The molecule has 1 aromatic carbocycles. The Balaban J connectivity index is 1.61. The van der Waals surface area contributed by atoms with E-state index in [-0.39, 0.29) is 29.6 Å². The molecular weight excluding hydrogens is 425 g/mol. The van der Waals surface area contributed by atoms with Gasteiger partial charge in [0, 0.05) is 12.6 Å². The van der Waals surface area contributed by atoms with Crippen LogP contribution < -0.4 is 10.6 Å². The molecule has 1 aliphatic heterocycles. The van der Waals surface area contributed by atoms with Gasteiger partial charge in [-0.05, 0) is 49.9 Å². The number of aryl methyl sites for hydroxylation is 1. The first-order chi connectivity index (χ1) is 14.8. The Hall–Kier alpha value is -2.04. The van der Waals surface area contributed by atoms with Crippen molar-refractivity contribution in [1.82, 2.24) is 14.9 Å². The third kappa shape index (κ3) is 6.02. The van der Waals surface area contributed by atoms with Crippen LogP contribution in [0.4, 0.5) is 4.39 Å². The van der Waals surface area contributed by atoms with E-state index in [0.717, 1.165) is 48.9 Å². The summed E-state index contributed by atoms with van der Waals surface area (Å²) < 4.78 is 46.4. The van der Waals surface area contributed by atoms with Gasteiger partial charge < -0.3 is 15.4 Å². The van der Waals surface area contributed by atoms with Crippen LogP contribution in [0.2, 0.25) is 0 Å². The van der Waals surface area contributed by atoms with Crippen molar-refractivity contribution < 1.29 is 27.1 Å². The number of halogens is 1. The van der Waals surface area contributed by atoms with E-state index in [1.165, 1.54) is 19.1 Å². The first-order valence-corrected chi connectivity index (χ1v) is 12.2. The molecule has 1 atom stereocenters. The third-order valence-electron chi connectivity index (χ3n) is 5.72. The number of amides is 2. The molecule has 2 N–H and O–H groups in total. The highest BCUT2D eigenvalue weighted by atomic mass is 32.2. The Bertz CT molecular complexity index is 900. The summed E-state index contributed by atoms with van der Waals surface area (Å²) in [4.78, 5) is 24.5. The molecule has 3 rings (SSSR count). The molecule has 2 fully saturated rings. The van der Waals surface area contributed by atoms with Crippen LogP contribution in [0.5, 0.6) is 0 Å². The molecule has 1 saturated heterocycles. The second-order valence-electron chi connectivity index (χ2n) is 8.08. The molecule has 31 heavy (non-hydrogen) atoms. The topological polar surface area (TPSA) is 105 Å². The van der Waals surface area contributed by atoms with Gasteiger partial charge in [0.05, 0.1) is 18.0 Å². The first kappa shape index (κ1) is 23.6. The van der Waals surface area contributed by atoms with Crippen molar-refractivity contribution in [3.63, 3.8) is 0 Å². The van der Waals surface area contributed by atoms with Gasteiger partial charge >= 0.3 is 11.8 Å². The number of hydrogen-bond acceptors (Lipinski definition) is 5. The molecule has 2 amide bonds. The lowest BCUT2D eigenvalue weighted by Gasteiger charge is -2.34. The standard InChI is InChI=1S/C21H30FN3O5S/c1-15-13-17(9-10-18(15)22)31(28,29)25-11-6-12-30-19(25)14-23-20(26)21(27)24-16-7-4-2-3-5-8-16/h9-10,13,16,19H,2-8,11-12,14H2,1H3,(H,23,26)(H,24,27)/t19-/m0/s1. The normalized spacial score (nSPS) is 21.3. The Labute approximate surface area is 182 Å². The van der Waals surface area contributed by atoms with Crippen LogP contribution in [-0.2, 0) is 24.3 Å². The summed E-state index contributed by atoms with van der Waals surface area (Å²) >= 11 is 0. The van der Waals surface area contributed by atoms with Crippen LogP contribution in [0.25, 0.3) is 0 Å². The zero-order valence-electron chi connectivity index (χ0n) is 17.7. The fraction of sp³-hybridized carbons (Fsp3) is 0.619. The Morgan fingerprint density at radius 3 is 2.52 bits per heavy atom. The van der Waals surface area contributed by atoms with Crippen molar-refractivity contribution in [2.75, 3.05) is 19.7 Å². The molecule has 2 aliphatic rings. The molecule has 1 saturated carbocycles. The van der Waals surface area contributed by atoms with Gasteiger partial charge in [-0.3, -0.25) is 9.59 Å². The molecule has 1 aromatic rings. The molecule has 0 bridgehead atoms. The maximum Gasteiger partial charge on any atom is 0.309 e. The predicted octanol–water partition coefficient (Wildman–Crippen LogP) is 1.83. The van der Waals surface area contributed by atoms with E-state index in [2.05, 4.69) is 10.6 Å². The van der Waals surface area contributed by atoms with Gasteiger partial charge in [-0.25, -0.2) is 12.8 Å². The predicted molar refractivity (Wildman–Crippen MR) is 112 cm³/mol. The van der Waals surface area contributed by atoms with Gasteiger partial charge in [0.15, 0.2) is 0 Å². The molecule has 0 aromatic heterocycles. The summed E-state index contributed by atoms with van der Waals surface area (Å²) in [5.74, 6) is -2.02. The Kier molecular flexibility index (Phi) is 8.01. The van der Waals surface area contributed by atoms with Gasteiger partial charge in [-0.2, -0.15) is 4.31 Å². The maximum atomic E-state index is 13.6. The smallest absolute Gasteiger partial charge is 0.309 e. The van der Waals surface area contributed by atoms with Gasteiger partial charge in [-0.15, -0.1) is 0 Å².